The number of pyridine rings is 1. The van der Waals surface area contributed by atoms with Gasteiger partial charge in [-0.1, -0.05) is 20.8 Å². The standard InChI is InChI=1S/C15H25N3OS/c1-4-12-9-18(7-8-20-12)14-6-5-13(16)15(17-14)19-10-11(2)3/h5-6,11-12H,4,7-10,16H2,1-3H3. The molecule has 1 atom stereocenters. The van der Waals surface area contributed by atoms with Gasteiger partial charge in [0.15, 0.2) is 0 Å². The highest BCUT2D eigenvalue weighted by molar-refractivity contribution is 8.00. The van der Waals surface area contributed by atoms with Gasteiger partial charge in [-0.15, -0.1) is 0 Å². The summed E-state index contributed by atoms with van der Waals surface area (Å²) in [5.41, 5.74) is 6.57. The quantitative estimate of drug-likeness (QED) is 0.905. The van der Waals surface area contributed by atoms with Gasteiger partial charge in [-0.3, -0.25) is 0 Å². The Hall–Kier alpha value is -1.10. The molecule has 0 saturated carbocycles. The largest absolute Gasteiger partial charge is 0.476 e. The molecule has 0 bridgehead atoms. The first-order chi connectivity index (χ1) is 9.60. The van der Waals surface area contributed by atoms with Crippen LogP contribution in [0, 0.1) is 5.92 Å². The fraction of sp³-hybridized carbons (Fsp3) is 0.667. The van der Waals surface area contributed by atoms with Crippen molar-refractivity contribution in [2.75, 3.05) is 36.1 Å². The zero-order valence-corrected chi connectivity index (χ0v) is 13.4. The Morgan fingerprint density at radius 1 is 1.50 bits per heavy atom. The first-order valence-electron chi connectivity index (χ1n) is 7.36. The topological polar surface area (TPSA) is 51.4 Å². The smallest absolute Gasteiger partial charge is 0.239 e. The summed E-state index contributed by atoms with van der Waals surface area (Å²) in [6.07, 6.45) is 1.20. The normalized spacial score (nSPS) is 19.4. The van der Waals surface area contributed by atoms with Crippen molar-refractivity contribution >= 4 is 23.3 Å². The van der Waals surface area contributed by atoms with E-state index in [-0.39, 0.29) is 0 Å². The SMILES string of the molecule is CCC1CN(c2ccc(N)c(OCC(C)C)n2)CCS1. The summed E-state index contributed by atoms with van der Waals surface area (Å²) >= 11 is 2.06. The molecule has 0 aromatic carbocycles. The summed E-state index contributed by atoms with van der Waals surface area (Å²) in [4.78, 5) is 6.95. The van der Waals surface area contributed by atoms with E-state index in [1.54, 1.807) is 0 Å². The molecule has 1 unspecified atom stereocenters. The molecule has 112 valence electrons. The highest BCUT2D eigenvalue weighted by atomic mass is 32.2. The second kappa shape index (κ2) is 7.07. The molecule has 0 radical (unpaired) electrons. The molecule has 1 aliphatic rings. The Kier molecular flexibility index (Phi) is 5.40. The Morgan fingerprint density at radius 2 is 2.30 bits per heavy atom. The van der Waals surface area contributed by atoms with E-state index in [9.17, 15) is 0 Å². The predicted molar refractivity (Wildman–Crippen MR) is 87.7 cm³/mol. The van der Waals surface area contributed by atoms with Crippen molar-refractivity contribution < 1.29 is 4.74 Å². The van der Waals surface area contributed by atoms with E-state index in [4.69, 9.17) is 10.5 Å². The van der Waals surface area contributed by atoms with Crippen LogP contribution in [0.3, 0.4) is 0 Å². The van der Waals surface area contributed by atoms with Crippen molar-refractivity contribution in [2.24, 2.45) is 5.92 Å². The molecule has 1 aliphatic heterocycles. The maximum atomic E-state index is 5.95. The Labute approximate surface area is 126 Å². The highest BCUT2D eigenvalue weighted by Gasteiger charge is 2.20. The lowest BCUT2D eigenvalue weighted by atomic mass is 10.2. The number of nitrogens with zero attached hydrogens (tertiary/aromatic N) is 2. The van der Waals surface area contributed by atoms with Gasteiger partial charge < -0.3 is 15.4 Å². The number of hydrogen-bond acceptors (Lipinski definition) is 5. The molecule has 0 aliphatic carbocycles. The Bertz CT molecular complexity index is 439. The zero-order valence-electron chi connectivity index (χ0n) is 12.6. The van der Waals surface area contributed by atoms with Gasteiger partial charge in [0.05, 0.1) is 12.3 Å². The number of nitrogens with two attached hydrogens (primary N) is 1. The van der Waals surface area contributed by atoms with Crippen LogP contribution in [0.25, 0.3) is 0 Å². The van der Waals surface area contributed by atoms with Crippen molar-refractivity contribution in [2.45, 2.75) is 32.4 Å². The lowest BCUT2D eigenvalue weighted by molar-refractivity contribution is 0.263. The molecular weight excluding hydrogens is 270 g/mol. The lowest BCUT2D eigenvalue weighted by Crippen LogP contribution is -2.38. The molecule has 0 amide bonds. The molecule has 1 aromatic rings. The van der Waals surface area contributed by atoms with E-state index >= 15 is 0 Å². The first-order valence-corrected chi connectivity index (χ1v) is 8.41. The number of nitrogen functional groups attached to an aromatic ring is 1. The monoisotopic (exact) mass is 295 g/mol. The summed E-state index contributed by atoms with van der Waals surface area (Å²) in [6.45, 7) is 9.23. The van der Waals surface area contributed by atoms with Gasteiger partial charge >= 0.3 is 0 Å². The number of aromatic nitrogens is 1. The highest BCUT2D eigenvalue weighted by Crippen LogP contribution is 2.28. The van der Waals surface area contributed by atoms with Crippen LogP contribution in [0.1, 0.15) is 27.2 Å². The van der Waals surface area contributed by atoms with E-state index in [0.29, 0.717) is 29.3 Å². The minimum atomic E-state index is 0.468. The molecule has 1 aromatic heterocycles. The number of hydrogen-bond donors (Lipinski definition) is 1. The second-order valence-corrected chi connectivity index (χ2v) is 7.02. The Morgan fingerprint density at radius 3 is 3.00 bits per heavy atom. The van der Waals surface area contributed by atoms with Crippen LogP contribution >= 0.6 is 11.8 Å². The third-order valence-electron chi connectivity index (χ3n) is 3.35. The molecule has 0 spiro atoms. The van der Waals surface area contributed by atoms with Crippen molar-refractivity contribution in [1.29, 1.82) is 0 Å². The van der Waals surface area contributed by atoms with Crippen LogP contribution in [0.15, 0.2) is 12.1 Å². The van der Waals surface area contributed by atoms with Gasteiger partial charge in [0.25, 0.3) is 0 Å². The van der Waals surface area contributed by atoms with Gasteiger partial charge in [-0.05, 0) is 24.5 Å². The summed E-state index contributed by atoms with van der Waals surface area (Å²) in [5, 5.41) is 0.697. The summed E-state index contributed by atoms with van der Waals surface area (Å²) in [7, 11) is 0. The minimum Gasteiger partial charge on any atom is -0.476 e. The second-order valence-electron chi connectivity index (χ2n) is 5.62. The summed E-state index contributed by atoms with van der Waals surface area (Å²) in [5.74, 6) is 3.18. The molecule has 1 fully saturated rings. The summed E-state index contributed by atoms with van der Waals surface area (Å²) < 4.78 is 5.71. The van der Waals surface area contributed by atoms with Gasteiger partial charge in [-0.25, -0.2) is 0 Å². The molecule has 4 nitrogen and oxygen atoms in total. The van der Waals surface area contributed by atoms with Gasteiger partial charge in [0, 0.05) is 24.1 Å². The number of ether oxygens (including phenoxy) is 1. The maximum absolute atomic E-state index is 5.95. The maximum Gasteiger partial charge on any atom is 0.239 e. The van der Waals surface area contributed by atoms with E-state index in [1.807, 2.05) is 12.1 Å². The Balaban J connectivity index is 2.09. The van der Waals surface area contributed by atoms with Crippen LogP contribution < -0.4 is 15.4 Å². The van der Waals surface area contributed by atoms with E-state index in [0.717, 1.165) is 24.7 Å². The van der Waals surface area contributed by atoms with Crippen LogP contribution in [-0.2, 0) is 0 Å². The van der Waals surface area contributed by atoms with Gasteiger partial charge in [0.2, 0.25) is 5.88 Å². The number of rotatable bonds is 5. The van der Waals surface area contributed by atoms with E-state index < -0.39 is 0 Å². The molecular formula is C15H25N3OS. The van der Waals surface area contributed by atoms with Crippen molar-refractivity contribution in [1.82, 2.24) is 4.98 Å². The number of anilines is 2. The van der Waals surface area contributed by atoms with Crippen LogP contribution in [0.4, 0.5) is 11.5 Å². The molecule has 20 heavy (non-hydrogen) atoms. The van der Waals surface area contributed by atoms with Gasteiger partial charge in [-0.2, -0.15) is 16.7 Å². The predicted octanol–water partition coefficient (Wildman–Crippen LogP) is 3.03. The van der Waals surface area contributed by atoms with Gasteiger partial charge in [0.1, 0.15) is 5.82 Å². The summed E-state index contributed by atoms with van der Waals surface area (Å²) in [6, 6.07) is 3.90. The third-order valence-corrected chi connectivity index (χ3v) is 4.72. The van der Waals surface area contributed by atoms with Crippen molar-refractivity contribution in [3.8, 4) is 5.88 Å². The first kappa shape index (κ1) is 15.3. The van der Waals surface area contributed by atoms with Crippen LogP contribution in [0.2, 0.25) is 0 Å². The fourth-order valence-corrected chi connectivity index (χ4v) is 3.33. The molecule has 1 saturated heterocycles. The van der Waals surface area contributed by atoms with E-state index in [1.165, 1.54) is 6.42 Å². The average molecular weight is 295 g/mol. The third kappa shape index (κ3) is 3.95. The minimum absolute atomic E-state index is 0.468. The average Bonchev–Trinajstić information content (AvgIpc) is 2.46. The zero-order chi connectivity index (χ0) is 14.5. The molecule has 2 heterocycles. The molecule has 5 heteroatoms. The molecule has 2 N–H and O–H groups in total. The van der Waals surface area contributed by atoms with Crippen LogP contribution in [-0.4, -0.2) is 35.7 Å². The van der Waals surface area contributed by atoms with Crippen molar-refractivity contribution in [3.63, 3.8) is 0 Å². The van der Waals surface area contributed by atoms with Crippen LogP contribution in [0.5, 0.6) is 5.88 Å². The lowest BCUT2D eigenvalue weighted by Gasteiger charge is -2.33. The number of thioether (sulfide) groups is 1. The van der Waals surface area contributed by atoms with Crippen molar-refractivity contribution in [3.05, 3.63) is 12.1 Å². The fourth-order valence-electron chi connectivity index (χ4n) is 2.15. The van der Waals surface area contributed by atoms with E-state index in [2.05, 4.69) is 42.4 Å². The molecule has 2 rings (SSSR count).